The van der Waals surface area contributed by atoms with E-state index in [1.807, 2.05) is 0 Å². The fraction of sp³-hybridized carbons (Fsp3) is 0.214. The molecule has 0 saturated heterocycles. The molecule has 0 bridgehead atoms. The van der Waals surface area contributed by atoms with Gasteiger partial charge in [-0.05, 0) is 17.5 Å². The predicted molar refractivity (Wildman–Crippen MR) is 83.3 cm³/mol. The van der Waals surface area contributed by atoms with Crippen LogP contribution in [-0.4, -0.2) is 25.2 Å². The number of fused-ring (bicyclic) bond motifs is 1. The lowest BCUT2D eigenvalue weighted by Gasteiger charge is -1.99. The SMILES string of the molecule is COCCNc1nc(-c2cc3ccccc3s2)cs1. The zero-order valence-corrected chi connectivity index (χ0v) is 12.2. The maximum atomic E-state index is 5.01. The van der Waals surface area contributed by atoms with E-state index in [9.17, 15) is 0 Å². The van der Waals surface area contributed by atoms with Gasteiger partial charge in [0.15, 0.2) is 5.13 Å². The first-order chi connectivity index (χ1) is 9.36. The first kappa shape index (κ1) is 12.6. The van der Waals surface area contributed by atoms with Crippen molar-refractivity contribution in [3.05, 3.63) is 35.7 Å². The smallest absolute Gasteiger partial charge is 0.183 e. The topological polar surface area (TPSA) is 34.1 Å². The highest BCUT2D eigenvalue weighted by atomic mass is 32.1. The molecule has 5 heteroatoms. The lowest BCUT2D eigenvalue weighted by molar-refractivity contribution is 0.211. The maximum absolute atomic E-state index is 5.01. The van der Waals surface area contributed by atoms with Gasteiger partial charge in [-0.3, -0.25) is 0 Å². The average Bonchev–Trinajstić information content (AvgIpc) is 3.04. The summed E-state index contributed by atoms with van der Waals surface area (Å²) in [7, 11) is 1.70. The first-order valence-corrected chi connectivity index (χ1v) is 7.74. The summed E-state index contributed by atoms with van der Waals surface area (Å²) >= 11 is 3.42. The monoisotopic (exact) mass is 290 g/mol. The lowest BCUT2D eigenvalue weighted by atomic mass is 10.2. The molecule has 1 N–H and O–H groups in total. The van der Waals surface area contributed by atoms with Crippen LogP contribution in [0.4, 0.5) is 5.13 Å². The van der Waals surface area contributed by atoms with Gasteiger partial charge in [-0.25, -0.2) is 4.98 Å². The molecule has 0 fully saturated rings. The molecule has 1 aromatic carbocycles. The van der Waals surface area contributed by atoms with Crippen molar-refractivity contribution >= 4 is 37.9 Å². The fourth-order valence-electron chi connectivity index (χ4n) is 1.84. The molecular formula is C14H14N2OS2. The summed E-state index contributed by atoms with van der Waals surface area (Å²) in [5, 5.41) is 7.58. The molecule has 0 spiro atoms. The molecule has 3 nitrogen and oxygen atoms in total. The van der Waals surface area contributed by atoms with E-state index in [1.165, 1.54) is 15.0 Å². The second kappa shape index (κ2) is 5.69. The van der Waals surface area contributed by atoms with Crippen molar-refractivity contribution in [2.24, 2.45) is 0 Å². The summed E-state index contributed by atoms with van der Waals surface area (Å²) in [6, 6.07) is 10.6. The minimum absolute atomic E-state index is 0.692. The Balaban J connectivity index is 1.81. The molecule has 98 valence electrons. The van der Waals surface area contributed by atoms with Crippen LogP contribution in [0.1, 0.15) is 0 Å². The second-order valence-corrected chi connectivity index (χ2v) is 6.05. The van der Waals surface area contributed by atoms with Crippen molar-refractivity contribution in [3.8, 4) is 10.6 Å². The Labute approximate surface area is 119 Å². The van der Waals surface area contributed by atoms with Gasteiger partial charge < -0.3 is 10.1 Å². The average molecular weight is 290 g/mol. The molecule has 3 aromatic rings. The maximum Gasteiger partial charge on any atom is 0.183 e. The number of methoxy groups -OCH3 is 1. The number of anilines is 1. The van der Waals surface area contributed by atoms with Crippen LogP contribution >= 0.6 is 22.7 Å². The van der Waals surface area contributed by atoms with Crippen LogP contribution in [-0.2, 0) is 4.74 Å². The zero-order chi connectivity index (χ0) is 13.1. The van der Waals surface area contributed by atoms with Crippen molar-refractivity contribution < 1.29 is 4.74 Å². The van der Waals surface area contributed by atoms with E-state index in [1.54, 1.807) is 29.8 Å². The van der Waals surface area contributed by atoms with Gasteiger partial charge in [0.2, 0.25) is 0 Å². The molecule has 0 atom stereocenters. The largest absolute Gasteiger partial charge is 0.383 e. The Morgan fingerprint density at radius 3 is 3.05 bits per heavy atom. The number of thiazole rings is 1. The third-order valence-corrected chi connectivity index (χ3v) is 4.70. The number of rotatable bonds is 5. The van der Waals surface area contributed by atoms with Crippen LogP contribution in [0.3, 0.4) is 0 Å². The summed E-state index contributed by atoms with van der Waals surface area (Å²) in [4.78, 5) is 5.83. The molecule has 2 heterocycles. The van der Waals surface area contributed by atoms with Gasteiger partial charge in [0, 0.05) is 23.7 Å². The van der Waals surface area contributed by atoms with Crippen molar-refractivity contribution in [1.29, 1.82) is 0 Å². The van der Waals surface area contributed by atoms with E-state index in [-0.39, 0.29) is 0 Å². The highest BCUT2D eigenvalue weighted by Crippen LogP contribution is 2.34. The van der Waals surface area contributed by atoms with Gasteiger partial charge in [0.25, 0.3) is 0 Å². The first-order valence-electron chi connectivity index (χ1n) is 6.04. The number of hydrogen-bond donors (Lipinski definition) is 1. The Kier molecular flexibility index (Phi) is 3.77. The Morgan fingerprint density at radius 1 is 1.32 bits per heavy atom. The quantitative estimate of drug-likeness (QED) is 0.719. The molecule has 2 aromatic heterocycles. The lowest BCUT2D eigenvalue weighted by Crippen LogP contribution is -2.06. The van der Waals surface area contributed by atoms with Gasteiger partial charge in [-0.1, -0.05) is 18.2 Å². The molecule has 3 rings (SSSR count). The number of nitrogens with one attached hydrogen (secondary N) is 1. The van der Waals surface area contributed by atoms with E-state index >= 15 is 0 Å². The normalized spacial score (nSPS) is 11.0. The number of aromatic nitrogens is 1. The third-order valence-electron chi connectivity index (χ3n) is 2.76. The molecule has 0 unspecified atom stereocenters. The number of benzene rings is 1. The molecule has 0 radical (unpaired) electrons. The number of nitrogens with zero attached hydrogens (tertiary/aromatic N) is 1. The number of ether oxygens (including phenoxy) is 1. The van der Waals surface area contributed by atoms with Gasteiger partial charge >= 0.3 is 0 Å². The van der Waals surface area contributed by atoms with Gasteiger partial charge in [-0.2, -0.15) is 0 Å². The minimum Gasteiger partial charge on any atom is -0.383 e. The van der Waals surface area contributed by atoms with Crippen LogP contribution < -0.4 is 5.32 Å². The zero-order valence-electron chi connectivity index (χ0n) is 10.6. The summed E-state index contributed by atoms with van der Waals surface area (Å²) in [5.41, 5.74) is 1.05. The van der Waals surface area contributed by atoms with Gasteiger partial charge in [0.05, 0.1) is 17.2 Å². The predicted octanol–water partition coefficient (Wildman–Crippen LogP) is 4.08. The van der Waals surface area contributed by atoms with Gasteiger partial charge in [-0.15, -0.1) is 22.7 Å². The van der Waals surface area contributed by atoms with Crippen LogP contribution in [0.5, 0.6) is 0 Å². The highest BCUT2D eigenvalue weighted by Gasteiger charge is 2.07. The molecule has 0 aliphatic rings. The fourth-order valence-corrected chi connectivity index (χ4v) is 3.67. The third kappa shape index (κ3) is 2.78. The van der Waals surface area contributed by atoms with E-state index in [0.717, 1.165) is 17.4 Å². The van der Waals surface area contributed by atoms with Crippen LogP contribution in [0.15, 0.2) is 35.7 Å². The van der Waals surface area contributed by atoms with Crippen LogP contribution in [0.25, 0.3) is 20.7 Å². The minimum atomic E-state index is 0.692. The number of hydrogen-bond acceptors (Lipinski definition) is 5. The summed E-state index contributed by atoms with van der Waals surface area (Å²) in [6.07, 6.45) is 0. The molecule has 0 amide bonds. The second-order valence-electron chi connectivity index (χ2n) is 4.11. The molecule has 0 aliphatic heterocycles. The molecule has 19 heavy (non-hydrogen) atoms. The van der Waals surface area contributed by atoms with E-state index < -0.39 is 0 Å². The summed E-state index contributed by atoms with van der Waals surface area (Å²) < 4.78 is 6.32. The Bertz CT molecular complexity index is 642. The summed E-state index contributed by atoms with van der Waals surface area (Å²) in [6.45, 7) is 1.48. The van der Waals surface area contributed by atoms with Crippen LogP contribution in [0.2, 0.25) is 0 Å². The van der Waals surface area contributed by atoms with Crippen molar-refractivity contribution in [3.63, 3.8) is 0 Å². The van der Waals surface area contributed by atoms with Crippen molar-refractivity contribution in [2.45, 2.75) is 0 Å². The van der Waals surface area contributed by atoms with Crippen molar-refractivity contribution in [2.75, 3.05) is 25.6 Å². The standard InChI is InChI=1S/C14H14N2OS2/c1-17-7-6-15-14-16-11(9-18-14)13-8-10-4-2-3-5-12(10)19-13/h2-5,8-9H,6-7H2,1H3,(H,15,16). The van der Waals surface area contributed by atoms with Crippen molar-refractivity contribution in [1.82, 2.24) is 4.98 Å². The molecular weight excluding hydrogens is 276 g/mol. The molecule has 0 aliphatic carbocycles. The molecule has 0 saturated carbocycles. The summed E-state index contributed by atoms with van der Waals surface area (Å²) in [5.74, 6) is 0. The van der Waals surface area contributed by atoms with Crippen LogP contribution in [0, 0.1) is 0 Å². The number of thiophene rings is 1. The Morgan fingerprint density at radius 2 is 2.21 bits per heavy atom. The highest BCUT2D eigenvalue weighted by molar-refractivity contribution is 7.22. The van der Waals surface area contributed by atoms with E-state index in [2.05, 4.69) is 46.0 Å². The van der Waals surface area contributed by atoms with E-state index in [0.29, 0.717) is 6.61 Å². The van der Waals surface area contributed by atoms with Gasteiger partial charge in [0.1, 0.15) is 0 Å². The Hall–Kier alpha value is -1.43. The van der Waals surface area contributed by atoms with E-state index in [4.69, 9.17) is 4.74 Å².